The van der Waals surface area contributed by atoms with Crippen LogP contribution in [0.3, 0.4) is 0 Å². The Bertz CT molecular complexity index is 739. The van der Waals surface area contributed by atoms with Crippen LogP contribution in [0.2, 0.25) is 10.2 Å². The number of hydrogen-bond acceptors (Lipinski definition) is 3. The smallest absolute Gasteiger partial charge is 0.246 e. The molecule has 0 aliphatic heterocycles. The minimum atomic E-state index is -0.131. The summed E-state index contributed by atoms with van der Waals surface area (Å²) >= 11 is 11.9. The van der Waals surface area contributed by atoms with Gasteiger partial charge in [0.25, 0.3) is 0 Å². The molecule has 0 aliphatic carbocycles. The van der Waals surface area contributed by atoms with Crippen LogP contribution in [0.1, 0.15) is 11.3 Å². The monoisotopic (exact) mass is 367 g/mol. The van der Waals surface area contributed by atoms with E-state index in [-0.39, 0.29) is 5.91 Å². The Kier molecular flexibility index (Phi) is 6.29. The van der Waals surface area contributed by atoms with Crippen LogP contribution in [0.15, 0.2) is 30.3 Å². The Balaban J connectivity index is 1.85. The van der Waals surface area contributed by atoms with Crippen LogP contribution in [0, 0.1) is 6.92 Å². The summed E-state index contributed by atoms with van der Waals surface area (Å²) in [7, 11) is 3.48. The average Bonchev–Trinajstić information content (AvgIpc) is 2.79. The molecular weight excluding hydrogens is 349 g/mol. The van der Waals surface area contributed by atoms with Crippen molar-refractivity contribution >= 4 is 35.2 Å². The number of hydrogen-bond donors (Lipinski definition) is 0. The summed E-state index contributed by atoms with van der Waals surface area (Å²) in [5.74, 6) is 0.586. The van der Waals surface area contributed by atoms with Gasteiger partial charge in [-0.25, -0.2) is 0 Å². The standard InChI is InChI=1S/C17H19Cl2N3O2/c1-12-15(17(19)22(3)20-12)8-9-16(23)21(2)10-11-24-14-6-4-13(18)5-7-14/h4-9H,10-11H2,1-3H3/b9-8+. The number of likely N-dealkylation sites (N-methyl/N-ethyl adjacent to an activating group) is 1. The molecule has 2 aromatic rings. The number of halogens is 2. The zero-order valence-electron chi connectivity index (χ0n) is 13.8. The molecule has 1 aromatic carbocycles. The first-order valence-electron chi connectivity index (χ1n) is 7.39. The van der Waals surface area contributed by atoms with E-state index in [2.05, 4.69) is 5.10 Å². The maximum Gasteiger partial charge on any atom is 0.246 e. The highest BCUT2D eigenvalue weighted by Crippen LogP contribution is 2.20. The van der Waals surface area contributed by atoms with E-state index in [4.69, 9.17) is 27.9 Å². The van der Waals surface area contributed by atoms with Crippen LogP contribution in [0.4, 0.5) is 0 Å². The number of aryl methyl sites for hydroxylation is 2. The van der Waals surface area contributed by atoms with Crippen molar-refractivity contribution in [1.82, 2.24) is 14.7 Å². The van der Waals surface area contributed by atoms with Crippen molar-refractivity contribution in [3.63, 3.8) is 0 Å². The largest absolute Gasteiger partial charge is 0.492 e. The molecule has 2 rings (SSSR count). The molecule has 5 nitrogen and oxygen atoms in total. The second-order valence-corrected chi connectivity index (χ2v) is 6.10. The van der Waals surface area contributed by atoms with Crippen LogP contribution in [0.25, 0.3) is 6.08 Å². The van der Waals surface area contributed by atoms with Gasteiger partial charge in [-0.2, -0.15) is 5.10 Å². The molecule has 0 N–H and O–H groups in total. The van der Waals surface area contributed by atoms with E-state index in [1.165, 1.54) is 6.08 Å². The first-order chi connectivity index (χ1) is 11.4. The van der Waals surface area contributed by atoms with E-state index < -0.39 is 0 Å². The number of aromatic nitrogens is 2. The van der Waals surface area contributed by atoms with Gasteiger partial charge in [-0.3, -0.25) is 9.48 Å². The molecule has 7 heteroatoms. The average molecular weight is 368 g/mol. The van der Waals surface area contributed by atoms with E-state index >= 15 is 0 Å². The molecule has 1 aromatic heterocycles. The third kappa shape index (κ3) is 4.76. The molecule has 1 amide bonds. The molecule has 0 unspecified atom stereocenters. The van der Waals surface area contributed by atoms with Gasteiger partial charge < -0.3 is 9.64 Å². The lowest BCUT2D eigenvalue weighted by atomic mass is 10.2. The molecule has 0 saturated carbocycles. The van der Waals surface area contributed by atoms with Crippen LogP contribution in [-0.4, -0.2) is 40.8 Å². The lowest BCUT2D eigenvalue weighted by Crippen LogP contribution is -2.29. The van der Waals surface area contributed by atoms with E-state index in [1.807, 2.05) is 6.92 Å². The number of amides is 1. The van der Waals surface area contributed by atoms with Gasteiger partial charge >= 0.3 is 0 Å². The van der Waals surface area contributed by atoms with Crippen molar-refractivity contribution in [3.8, 4) is 5.75 Å². The third-order valence-corrected chi connectivity index (χ3v) is 4.17. The fraction of sp³-hybridized carbons (Fsp3) is 0.294. The first kappa shape index (κ1) is 18.4. The number of ether oxygens (including phenoxy) is 1. The quantitative estimate of drug-likeness (QED) is 0.733. The van der Waals surface area contributed by atoms with Gasteiger partial charge in [0.05, 0.1) is 12.2 Å². The van der Waals surface area contributed by atoms with Crippen molar-refractivity contribution in [2.24, 2.45) is 7.05 Å². The van der Waals surface area contributed by atoms with Crippen LogP contribution in [-0.2, 0) is 11.8 Å². The number of nitrogens with zero attached hydrogens (tertiary/aromatic N) is 3. The van der Waals surface area contributed by atoms with Crippen molar-refractivity contribution < 1.29 is 9.53 Å². The maximum absolute atomic E-state index is 12.1. The predicted molar refractivity (Wildman–Crippen MR) is 96.6 cm³/mol. The summed E-state index contributed by atoms with van der Waals surface area (Å²) in [5, 5.41) is 5.36. The fourth-order valence-corrected chi connectivity index (χ4v) is 2.42. The molecule has 1 heterocycles. The zero-order valence-corrected chi connectivity index (χ0v) is 15.3. The van der Waals surface area contributed by atoms with Crippen molar-refractivity contribution in [3.05, 3.63) is 51.8 Å². The van der Waals surface area contributed by atoms with Crippen LogP contribution < -0.4 is 4.74 Å². The molecule has 0 radical (unpaired) electrons. The molecule has 0 bridgehead atoms. The molecule has 0 spiro atoms. The highest BCUT2D eigenvalue weighted by atomic mass is 35.5. The van der Waals surface area contributed by atoms with E-state index in [0.29, 0.717) is 29.1 Å². The van der Waals surface area contributed by atoms with Gasteiger partial charge in [-0.1, -0.05) is 23.2 Å². The molecular formula is C17H19Cl2N3O2. The molecule has 0 aliphatic rings. The molecule has 128 valence electrons. The number of carbonyl (C=O) groups is 1. The highest BCUT2D eigenvalue weighted by molar-refractivity contribution is 6.31. The van der Waals surface area contributed by atoms with Gasteiger partial charge in [0.1, 0.15) is 17.5 Å². The highest BCUT2D eigenvalue weighted by Gasteiger charge is 2.10. The van der Waals surface area contributed by atoms with Crippen LogP contribution in [0.5, 0.6) is 5.75 Å². The van der Waals surface area contributed by atoms with Gasteiger partial charge in [-0.15, -0.1) is 0 Å². The Morgan fingerprint density at radius 2 is 2.00 bits per heavy atom. The number of benzene rings is 1. The second-order valence-electron chi connectivity index (χ2n) is 5.31. The summed E-state index contributed by atoms with van der Waals surface area (Å²) in [6.45, 7) is 2.70. The van der Waals surface area contributed by atoms with Crippen molar-refractivity contribution in [2.45, 2.75) is 6.92 Å². The third-order valence-electron chi connectivity index (χ3n) is 3.47. The molecule has 0 fully saturated rings. The minimum absolute atomic E-state index is 0.131. The Labute approximate surface area is 151 Å². The van der Waals surface area contributed by atoms with Gasteiger partial charge in [-0.05, 0) is 37.3 Å². The van der Waals surface area contributed by atoms with Gasteiger partial charge in [0.2, 0.25) is 5.91 Å². The van der Waals surface area contributed by atoms with Crippen LogP contribution >= 0.6 is 23.2 Å². The summed E-state index contributed by atoms with van der Waals surface area (Å²) in [6.07, 6.45) is 3.17. The zero-order chi connectivity index (χ0) is 17.7. The summed E-state index contributed by atoms with van der Waals surface area (Å²) in [5.41, 5.74) is 1.53. The summed E-state index contributed by atoms with van der Waals surface area (Å²) in [4.78, 5) is 13.7. The lowest BCUT2D eigenvalue weighted by Gasteiger charge is -2.15. The molecule has 0 atom stereocenters. The van der Waals surface area contributed by atoms with E-state index in [9.17, 15) is 4.79 Å². The first-order valence-corrected chi connectivity index (χ1v) is 8.14. The number of rotatable bonds is 6. The summed E-state index contributed by atoms with van der Waals surface area (Å²) < 4.78 is 7.15. The predicted octanol–water partition coefficient (Wildman–Crippen LogP) is 3.59. The number of carbonyl (C=O) groups excluding carboxylic acids is 1. The van der Waals surface area contributed by atoms with Gasteiger partial charge in [0.15, 0.2) is 0 Å². The fourth-order valence-electron chi connectivity index (χ4n) is 2.06. The normalized spacial score (nSPS) is 11.0. The Hall–Kier alpha value is -1.98. The van der Waals surface area contributed by atoms with E-state index in [1.54, 1.807) is 54.0 Å². The van der Waals surface area contributed by atoms with Gasteiger partial charge in [0, 0.05) is 30.8 Å². The van der Waals surface area contributed by atoms with Crippen molar-refractivity contribution in [1.29, 1.82) is 0 Å². The maximum atomic E-state index is 12.1. The van der Waals surface area contributed by atoms with Crippen molar-refractivity contribution in [2.75, 3.05) is 20.2 Å². The molecule has 24 heavy (non-hydrogen) atoms. The minimum Gasteiger partial charge on any atom is -0.492 e. The Morgan fingerprint density at radius 1 is 1.33 bits per heavy atom. The molecule has 0 saturated heterocycles. The second kappa shape index (κ2) is 8.22. The SMILES string of the molecule is Cc1nn(C)c(Cl)c1/C=C/C(=O)N(C)CCOc1ccc(Cl)cc1. The topological polar surface area (TPSA) is 47.4 Å². The summed E-state index contributed by atoms with van der Waals surface area (Å²) in [6, 6.07) is 7.09. The lowest BCUT2D eigenvalue weighted by molar-refractivity contribution is -0.125. The van der Waals surface area contributed by atoms with E-state index in [0.717, 1.165) is 11.3 Å². The Morgan fingerprint density at radius 3 is 2.58 bits per heavy atom.